The van der Waals surface area contributed by atoms with Gasteiger partial charge in [0.2, 0.25) is 0 Å². The molecule has 0 aliphatic heterocycles. The lowest BCUT2D eigenvalue weighted by atomic mass is 10.0. The Kier molecular flexibility index (Phi) is 5.68. The van der Waals surface area contributed by atoms with Crippen LogP contribution in [0.2, 0.25) is 5.02 Å². The molecule has 0 spiro atoms. The van der Waals surface area contributed by atoms with Gasteiger partial charge in [0.05, 0.1) is 17.2 Å². The third kappa shape index (κ3) is 4.00. The predicted octanol–water partition coefficient (Wildman–Crippen LogP) is 5.20. The molecule has 1 aromatic heterocycles. The number of hydrogen-bond donors (Lipinski definition) is 1. The number of nitrogens with one attached hydrogen (secondary N) is 1. The first-order valence-corrected chi connectivity index (χ1v) is 8.52. The van der Waals surface area contributed by atoms with E-state index in [4.69, 9.17) is 16.3 Å². The van der Waals surface area contributed by atoms with Crippen molar-refractivity contribution in [1.82, 2.24) is 5.32 Å². The molecule has 0 saturated heterocycles. The molecule has 4 heteroatoms. The second-order valence-corrected chi connectivity index (χ2v) is 6.61. The Hall–Kier alpha value is -1.03. The molecule has 2 nitrogen and oxygen atoms in total. The third-order valence-corrected chi connectivity index (χ3v) is 4.96. The van der Waals surface area contributed by atoms with Crippen molar-refractivity contribution in [2.45, 2.75) is 39.8 Å². The normalized spacial score (nSPS) is 12.7. The van der Waals surface area contributed by atoms with E-state index >= 15 is 0 Å². The highest BCUT2D eigenvalue weighted by Crippen LogP contribution is 2.36. The second-order valence-electron chi connectivity index (χ2n) is 5.32. The van der Waals surface area contributed by atoms with E-state index in [0.29, 0.717) is 0 Å². The van der Waals surface area contributed by atoms with Crippen LogP contribution < -0.4 is 10.1 Å². The predicted molar refractivity (Wildman–Crippen MR) is 91.8 cm³/mol. The quantitative estimate of drug-likeness (QED) is 0.789. The van der Waals surface area contributed by atoms with Crippen LogP contribution in [0.1, 0.15) is 42.8 Å². The number of benzene rings is 1. The lowest BCUT2D eigenvalue weighted by Gasteiger charge is -2.18. The van der Waals surface area contributed by atoms with Crippen LogP contribution in [0.5, 0.6) is 5.75 Å². The third-order valence-electron chi connectivity index (χ3n) is 3.18. The number of halogens is 1. The summed E-state index contributed by atoms with van der Waals surface area (Å²) in [6, 6.07) is 8.39. The average Bonchev–Trinajstić information content (AvgIpc) is 2.77. The van der Waals surface area contributed by atoms with Crippen molar-refractivity contribution in [3.63, 3.8) is 0 Å². The fourth-order valence-electron chi connectivity index (χ4n) is 2.22. The Bertz CT molecular complexity index is 577. The van der Waals surface area contributed by atoms with Gasteiger partial charge in [-0.05, 0) is 56.0 Å². The van der Waals surface area contributed by atoms with Gasteiger partial charge < -0.3 is 10.1 Å². The van der Waals surface area contributed by atoms with E-state index in [1.165, 1.54) is 10.4 Å². The zero-order valence-corrected chi connectivity index (χ0v) is 14.5. The van der Waals surface area contributed by atoms with Crippen LogP contribution in [0, 0.1) is 6.92 Å². The largest absolute Gasteiger partial charge is 0.491 e. The maximum Gasteiger partial charge on any atom is 0.119 e. The molecule has 1 unspecified atom stereocenters. The first-order chi connectivity index (χ1) is 10.0. The maximum absolute atomic E-state index is 6.43. The number of hydrogen-bond acceptors (Lipinski definition) is 3. The van der Waals surface area contributed by atoms with Gasteiger partial charge in [-0.2, -0.15) is 0 Å². The van der Waals surface area contributed by atoms with Gasteiger partial charge in [0.1, 0.15) is 5.75 Å². The smallest absolute Gasteiger partial charge is 0.119 e. The summed E-state index contributed by atoms with van der Waals surface area (Å²) >= 11 is 8.14. The van der Waals surface area contributed by atoms with Crippen LogP contribution in [-0.2, 0) is 0 Å². The Labute approximate surface area is 136 Å². The summed E-state index contributed by atoms with van der Waals surface area (Å²) in [6.45, 7) is 9.11. The lowest BCUT2D eigenvalue weighted by Crippen LogP contribution is -2.21. The summed E-state index contributed by atoms with van der Waals surface area (Å²) in [5, 5.41) is 6.49. The standard InChI is InChI=1S/C17H22ClNOS/c1-5-19-16(17-15(18)12(4)10-21-17)13-6-8-14(9-7-13)20-11(2)3/h6-11,16,19H,5H2,1-4H3. The molecular weight excluding hydrogens is 302 g/mol. The first kappa shape index (κ1) is 16.3. The molecule has 0 aliphatic rings. The highest BCUT2D eigenvalue weighted by atomic mass is 35.5. The van der Waals surface area contributed by atoms with Crippen molar-refractivity contribution >= 4 is 22.9 Å². The van der Waals surface area contributed by atoms with Gasteiger partial charge in [-0.15, -0.1) is 11.3 Å². The van der Waals surface area contributed by atoms with Crippen molar-refractivity contribution in [1.29, 1.82) is 0 Å². The summed E-state index contributed by atoms with van der Waals surface area (Å²) in [5.74, 6) is 0.900. The molecule has 21 heavy (non-hydrogen) atoms. The lowest BCUT2D eigenvalue weighted by molar-refractivity contribution is 0.242. The van der Waals surface area contributed by atoms with Gasteiger partial charge in [0, 0.05) is 4.88 Å². The maximum atomic E-state index is 6.43. The summed E-state index contributed by atoms with van der Waals surface area (Å²) < 4.78 is 5.70. The summed E-state index contributed by atoms with van der Waals surface area (Å²) in [5.41, 5.74) is 2.34. The van der Waals surface area contributed by atoms with E-state index in [2.05, 4.69) is 29.8 Å². The minimum absolute atomic E-state index is 0.134. The van der Waals surface area contributed by atoms with E-state index in [-0.39, 0.29) is 12.1 Å². The number of ether oxygens (including phenoxy) is 1. The highest BCUT2D eigenvalue weighted by molar-refractivity contribution is 7.10. The molecule has 1 atom stereocenters. The van der Waals surface area contributed by atoms with E-state index in [9.17, 15) is 0 Å². The van der Waals surface area contributed by atoms with Crippen molar-refractivity contribution in [2.24, 2.45) is 0 Å². The zero-order valence-electron chi connectivity index (χ0n) is 12.9. The van der Waals surface area contributed by atoms with Crippen molar-refractivity contribution in [3.05, 3.63) is 50.7 Å². The summed E-state index contributed by atoms with van der Waals surface area (Å²) in [7, 11) is 0. The van der Waals surface area contributed by atoms with Crippen LogP contribution >= 0.6 is 22.9 Å². The monoisotopic (exact) mass is 323 g/mol. The van der Waals surface area contributed by atoms with Gasteiger partial charge in [0.25, 0.3) is 0 Å². The molecule has 0 fully saturated rings. The van der Waals surface area contributed by atoms with Crippen LogP contribution in [0.3, 0.4) is 0 Å². The highest BCUT2D eigenvalue weighted by Gasteiger charge is 2.19. The summed E-state index contributed by atoms with van der Waals surface area (Å²) in [6.07, 6.45) is 0.190. The van der Waals surface area contributed by atoms with Crippen molar-refractivity contribution in [2.75, 3.05) is 6.54 Å². The molecule has 0 radical (unpaired) electrons. The van der Waals surface area contributed by atoms with Crippen LogP contribution in [0.4, 0.5) is 0 Å². The van der Waals surface area contributed by atoms with Crippen LogP contribution in [0.25, 0.3) is 0 Å². The molecular formula is C17H22ClNOS. The summed E-state index contributed by atoms with van der Waals surface area (Å²) in [4.78, 5) is 1.17. The average molecular weight is 324 g/mol. The van der Waals surface area contributed by atoms with Crippen LogP contribution in [-0.4, -0.2) is 12.6 Å². The Morgan fingerprint density at radius 3 is 2.38 bits per heavy atom. The minimum Gasteiger partial charge on any atom is -0.491 e. The molecule has 0 saturated carbocycles. The molecule has 0 amide bonds. The Morgan fingerprint density at radius 1 is 1.24 bits per heavy atom. The van der Waals surface area contributed by atoms with E-state index < -0.39 is 0 Å². The Morgan fingerprint density at radius 2 is 1.90 bits per heavy atom. The molecule has 0 aliphatic carbocycles. The number of thiophene rings is 1. The molecule has 2 rings (SSSR count). The fourth-order valence-corrected chi connectivity index (χ4v) is 3.63. The molecule has 1 N–H and O–H groups in total. The van der Waals surface area contributed by atoms with Gasteiger partial charge in [-0.25, -0.2) is 0 Å². The Balaban J connectivity index is 2.28. The first-order valence-electron chi connectivity index (χ1n) is 7.26. The van der Waals surface area contributed by atoms with E-state index in [1.807, 2.05) is 32.9 Å². The molecule has 0 bridgehead atoms. The van der Waals surface area contributed by atoms with Crippen LogP contribution in [0.15, 0.2) is 29.6 Å². The minimum atomic E-state index is 0.134. The van der Waals surface area contributed by atoms with E-state index in [0.717, 1.165) is 22.9 Å². The number of rotatable bonds is 6. The topological polar surface area (TPSA) is 21.3 Å². The van der Waals surface area contributed by atoms with E-state index in [1.54, 1.807) is 11.3 Å². The van der Waals surface area contributed by atoms with Crippen molar-refractivity contribution in [3.8, 4) is 5.75 Å². The SMILES string of the molecule is CCNC(c1ccc(OC(C)C)cc1)c1scc(C)c1Cl. The van der Waals surface area contributed by atoms with Gasteiger partial charge >= 0.3 is 0 Å². The second kappa shape index (κ2) is 7.30. The molecule has 1 heterocycles. The molecule has 1 aromatic carbocycles. The fraction of sp³-hybridized carbons (Fsp3) is 0.412. The van der Waals surface area contributed by atoms with Gasteiger partial charge in [-0.3, -0.25) is 0 Å². The van der Waals surface area contributed by atoms with Crippen molar-refractivity contribution < 1.29 is 4.74 Å². The van der Waals surface area contributed by atoms with Gasteiger partial charge in [0.15, 0.2) is 0 Å². The van der Waals surface area contributed by atoms with Gasteiger partial charge in [-0.1, -0.05) is 30.7 Å². The molecule has 114 valence electrons. The molecule has 2 aromatic rings. The number of aryl methyl sites for hydroxylation is 1. The zero-order chi connectivity index (χ0) is 15.4.